The summed E-state index contributed by atoms with van der Waals surface area (Å²) in [6.07, 6.45) is 0. The topological polar surface area (TPSA) is 0 Å². The quantitative estimate of drug-likeness (QED) is 0.552. The molecule has 0 aliphatic carbocycles. The van der Waals surface area contributed by atoms with E-state index in [4.69, 9.17) is 0 Å². The number of hydrogen-bond donors (Lipinski definition) is 0. The average Bonchev–Trinajstić information content (AvgIpc) is 2.71. The molecule has 3 aromatic rings. The van der Waals surface area contributed by atoms with Gasteiger partial charge in [-0.05, 0) is 22.6 Å². The van der Waals surface area contributed by atoms with Gasteiger partial charge in [0.1, 0.15) is 0 Å². The van der Waals surface area contributed by atoms with Gasteiger partial charge in [0.15, 0.2) is 0 Å². The highest BCUT2D eigenvalue weighted by Gasteiger charge is 2.15. The third kappa shape index (κ3) is 3.63. The normalized spacial score (nSPS) is 10.2. The second kappa shape index (κ2) is 7.58. The van der Waals surface area contributed by atoms with Gasteiger partial charge < -0.3 is 0 Å². The molecule has 0 bridgehead atoms. The number of rotatable bonds is 3. The number of benzene rings is 2. The van der Waals surface area contributed by atoms with Crippen LogP contribution in [0.15, 0.2) is 102 Å². The van der Waals surface area contributed by atoms with Gasteiger partial charge in [-0.25, -0.2) is 0 Å². The van der Waals surface area contributed by atoms with Gasteiger partial charge in [0.05, 0.1) is 0 Å². The Morgan fingerprint density at radius 3 is 1.59 bits per heavy atom. The van der Waals surface area contributed by atoms with Gasteiger partial charge in [0.25, 0.3) is 0 Å². The van der Waals surface area contributed by atoms with Crippen molar-refractivity contribution in [2.45, 2.75) is 5.92 Å². The summed E-state index contributed by atoms with van der Waals surface area (Å²) in [5, 5.41) is 2.15. The molecule has 0 N–H and O–H groups in total. The molecule has 0 fully saturated rings. The summed E-state index contributed by atoms with van der Waals surface area (Å²) < 4.78 is 0. The lowest BCUT2D eigenvalue weighted by atomic mass is 9.90. The maximum Gasteiger partial charge on any atom is 0.0433 e. The van der Waals surface area contributed by atoms with E-state index in [9.17, 15) is 0 Å². The molecule has 0 atom stereocenters. The van der Waals surface area contributed by atoms with Crippen molar-refractivity contribution >= 4 is 11.3 Å². The van der Waals surface area contributed by atoms with E-state index in [2.05, 4.69) is 102 Å². The van der Waals surface area contributed by atoms with Gasteiger partial charge in [-0.15, -0.1) is 11.3 Å². The molecule has 0 aliphatic rings. The van der Waals surface area contributed by atoms with Gasteiger partial charge in [-0.2, -0.15) is 0 Å². The first kappa shape index (κ1) is 14.6. The lowest BCUT2D eigenvalue weighted by Gasteiger charge is -2.17. The van der Waals surface area contributed by atoms with E-state index >= 15 is 0 Å². The molecule has 0 radical (unpaired) electrons. The van der Waals surface area contributed by atoms with Gasteiger partial charge in [0, 0.05) is 10.8 Å². The van der Waals surface area contributed by atoms with Gasteiger partial charge in [-0.1, -0.05) is 91.0 Å². The largest absolute Gasteiger partial charge is 0.148 e. The molecule has 0 unspecified atom stereocenters. The minimum atomic E-state index is 0.264. The first-order valence-electron chi connectivity index (χ1n) is 7.42. The summed E-state index contributed by atoms with van der Waals surface area (Å²) in [4.78, 5) is 1.33. The van der Waals surface area contributed by atoms with Crippen molar-refractivity contribution in [1.29, 1.82) is 0 Å². The molecular weight excluding hydrogens is 284 g/mol. The van der Waals surface area contributed by atoms with Crippen LogP contribution in [0.5, 0.6) is 0 Å². The summed E-state index contributed by atoms with van der Waals surface area (Å²) in [7, 11) is 0. The Morgan fingerprint density at radius 1 is 0.500 bits per heavy atom. The van der Waals surface area contributed by atoms with Crippen LogP contribution in [0.2, 0.25) is 0 Å². The van der Waals surface area contributed by atoms with Crippen LogP contribution in [0.25, 0.3) is 0 Å². The zero-order valence-electron chi connectivity index (χ0n) is 12.3. The standard InChI is InChI=1S/C21H18S/c1-2-10-16-20(22-17-11-3-1)21(18-12-6-4-7-13-18)19-14-8-5-9-15-19/h1-17,21H. The number of hydrogen-bond acceptors (Lipinski definition) is 1. The fourth-order valence-electron chi connectivity index (χ4n) is 2.52. The van der Waals surface area contributed by atoms with Crippen LogP contribution >= 0.6 is 11.3 Å². The Bertz CT molecular complexity index is 679. The highest BCUT2D eigenvalue weighted by Crippen LogP contribution is 2.33. The highest BCUT2D eigenvalue weighted by atomic mass is 32.1. The van der Waals surface area contributed by atoms with Crippen LogP contribution in [0, 0.1) is 0 Å². The SMILES string of the molecule is c1cccsc(C(c2ccccc2)c2ccccc2)ccc1. The van der Waals surface area contributed by atoms with E-state index in [-0.39, 0.29) is 5.92 Å². The zero-order chi connectivity index (χ0) is 15.0. The Kier molecular flexibility index (Phi) is 5.01. The maximum absolute atomic E-state index is 2.22. The van der Waals surface area contributed by atoms with Crippen molar-refractivity contribution in [2.24, 2.45) is 0 Å². The fraction of sp³-hybridized carbons (Fsp3) is 0.0476. The monoisotopic (exact) mass is 302 g/mol. The molecule has 0 aliphatic heterocycles. The second-order valence-electron chi connectivity index (χ2n) is 5.04. The van der Waals surface area contributed by atoms with Crippen LogP contribution in [0.1, 0.15) is 21.9 Å². The summed E-state index contributed by atoms with van der Waals surface area (Å²) in [6, 6.07) is 34.0. The van der Waals surface area contributed by atoms with E-state index in [1.54, 1.807) is 11.3 Å². The third-order valence-corrected chi connectivity index (χ3v) is 4.48. The van der Waals surface area contributed by atoms with E-state index in [1.165, 1.54) is 16.0 Å². The first-order chi connectivity index (χ1) is 10.9. The molecule has 1 aromatic heterocycles. The van der Waals surface area contributed by atoms with Crippen LogP contribution in [-0.4, -0.2) is 0 Å². The highest BCUT2D eigenvalue weighted by molar-refractivity contribution is 7.09. The van der Waals surface area contributed by atoms with Gasteiger partial charge in [0.2, 0.25) is 0 Å². The molecule has 3 rings (SSSR count). The van der Waals surface area contributed by atoms with Crippen molar-refractivity contribution in [3.05, 3.63) is 118 Å². The summed E-state index contributed by atoms with van der Waals surface area (Å²) in [5.41, 5.74) is 2.64. The molecular formula is C21H18S. The smallest absolute Gasteiger partial charge is 0.0433 e. The molecule has 1 heteroatoms. The molecule has 22 heavy (non-hydrogen) atoms. The Labute approximate surface area is 136 Å². The van der Waals surface area contributed by atoms with Crippen molar-refractivity contribution in [3.63, 3.8) is 0 Å². The molecule has 0 nitrogen and oxygen atoms in total. The van der Waals surface area contributed by atoms with Crippen LogP contribution in [0.4, 0.5) is 0 Å². The molecule has 0 saturated heterocycles. The first-order valence-corrected chi connectivity index (χ1v) is 8.30. The molecule has 2 aromatic carbocycles. The van der Waals surface area contributed by atoms with Crippen LogP contribution in [0.3, 0.4) is 0 Å². The Morgan fingerprint density at radius 2 is 0.955 bits per heavy atom. The minimum absolute atomic E-state index is 0.264. The summed E-state index contributed by atoms with van der Waals surface area (Å²) in [5.74, 6) is 0.264. The third-order valence-electron chi connectivity index (χ3n) is 3.54. The fourth-order valence-corrected chi connectivity index (χ4v) is 3.41. The second-order valence-corrected chi connectivity index (χ2v) is 6.02. The lowest BCUT2D eigenvalue weighted by molar-refractivity contribution is 1.00. The van der Waals surface area contributed by atoms with Crippen molar-refractivity contribution in [1.82, 2.24) is 0 Å². The molecule has 0 spiro atoms. The van der Waals surface area contributed by atoms with Gasteiger partial charge in [-0.3, -0.25) is 0 Å². The van der Waals surface area contributed by atoms with Crippen LogP contribution in [-0.2, 0) is 0 Å². The Balaban J connectivity index is 2.17. The maximum atomic E-state index is 2.22. The van der Waals surface area contributed by atoms with Gasteiger partial charge >= 0.3 is 0 Å². The molecule has 1 heterocycles. The van der Waals surface area contributed by atoms with E-state index in [0.29, 0.717) is 0 Å². The van der Waals surface area contributed by atoms with Crippen molar-refractivity contribution in [3.8, 4) is 0 Å². The molecule has 0 amide bonds. The molecule has 108 valence electrons. The molecule has 0 saturated carbocycles. The Hall–Kier alpha value is -2.38. The zero-order valence-corrected chi connectivity index (χ0v) is 13.1. The van der Waals surface area contributed by atoms with Crippen molar-refractivity contribution in [2.75, 3.05) is 0 Å². The summed E-state index contributed by atoms with van der Waals surface area (Å²) >= 11 is 1.79. The van der Waals surface area contributed by atoms with E-state index in [0.717, 1.165) is 0 Å². The predicted octanol–water partition coefficient (Wildman–Crippen LogP) is 6.05. The van der Waals surface area contributed by atoms with Crippen molar-refractivity contribution < 1.29 is 0 Å². The average molecular weight is 302 g/mol. The minimum Gasteiger partial charge on any atom is -0.148 e. The summed E-state index contributed by atoms with van der Waals surface area (Å²) in [6.45, 7) is 0. The lowest BCUT2D eigenvalue weighted by Crippen LogP contribution is -2.01. The predicted molar refractivity (Wildman–Crippen MR) is 95.8 cm³/mol. The van der Waals surface area contributed by atoms with E-state index in [1.807, 2.05) is 0 Å². The van der Waals surface area contributed by atoms with E-state index < -0.39 is 0 Å². The van der Waals surface area contributed by atoms with Crippen LogP contribution < -0.4 is 0 Å².